The lowest BCUT2D eigenvalue weighted by molar-refractivity contribution is -0.145. The van der Waals surface area contributed by atoms with Crippen LogP contribution in [0.25, 0.3) is 0 Å². The minimum Gasteiger partial charge on any atom is -0.345 e. The minimum absolute atomic E-state index is 0.0361. The van der Waals surface area contributed by atoms with Crippen molar-refractivity contribution in [3.05, 3.63) is 0 Å². The molecule has 0 spiro atoms. The predicted octanol–water partition coefficient (Wildman–Crippen LogP) is -1.06. The normalized spacial score (nSPS) is 31.9. The summed E-state index contributed by atoms with van der Waals surface area (Å²) >= 11 is 0. The maximum atomic E-state index is 11.6. The van der Waals surface area contributed by atoms with Crippen LogP contribution in [0.3, 0.4) is 0 Å². The van der Waals surface area contributed by atoms with Gasteiger partial charge in [-0.05, 0) is 32.4 Å². The highest BCUT2D eigenvalue weighted by Crippen LogP contribution is 2.14. The molecule has 2 fully saturated rings. The summed E-state index contributed by atoms with van der Waals surface area (Å²) in [6, 6.07) is -0.313. The van der Waals surface area contributed by atoms with Crippen LogP contribution in [-0.4, -0.2) is 48.9 Å². The number of nitrogens with one attached hydrogen (secondary N) is 2. The maximum Gasteiger partial charge on any atom is 0.242 e. The van der Waals surface area contributed by atoms with Crippen molar-refractivity contribution in [2.24, 2.45) is 5.92 Å². The second-order valence-electron chi connectivity index (χ2n) is 4.30. The molecular weight excluding hydrogens is 194 g/mol. The molecule has 2 aliphatic heterocycles. The molecule has 0 radical (unpaired) electrons. The van der Waals surface area contributed by atoms with Crippen LogP contribution in [0, 0.1) is 5.92 Å². The van der Waals surface area contributed by atoms with Crippen LogP contribution in [0.5, 0.6) is 0 Å². The average molecular weight is 211 g/mol. The zero-order chi connectivity index (χ0) is 10.8. The van der Waals surface area contributed by atoms with Gasteiger partial charge in [0.2, 0.25) is 11.8 Å². The van der Waals surface area contributed by atoms with E-state index in [1.165, 1.54) is 0 Å². The molecule has 2 unspecified atom stereocenters. The zero-order valence-electron chi connectivity index (χ0n) is 8.95. The Labute approximate surface area is 89.2 Å². The second kappa shape index (κ2) is 4.18. The fourth-order valence-corrected chi connectivity index (χ4v) is 2.18. The molecule has 15 heavy (non-hydrogen) atoms. The highest BCUT2D eigenvalue weighted by Gasteiger charge is 2.32. The SMILES string of the molecule is CC1C(=O)NCC(=O)N1CC1CCNC1. The van der Waals surface area contributed by atoms with Crippen LogP contribution < -0.4 is 10.6 Å². The standard InChI is InChI=1S/C10H17N3O2/c1-7-10(15)12-5-9(14)13(7)6-8-2-3-11-4-8/h7-8,11H,2-6H2,1H3,(H,12,15). The molecule has 0 saturated carbocycles. The summed E-state index contributed by atoms with van der Waals surface area (Å²) in [4.78, 5) is 24.7. The number of nitrogens with zero attached hydrogens (tertiary/aromatic N) is 1. The lowest BCUT2D eigenvalue weighted by Gasteiger charge is -2.34. The molecule has 2 N–H and O–H groups in total. The number of hydrogen-bond donors (Lipinski definition) is 2. The molecule has 0 aliphatic carbocycles. The van der Waals surface area contributed by atoms with Gasteiger partial charge in [-0.2, -0.15) is 0 Å². The highest BCUT2D eigenvalue weighted by atomic mass is 16.2. The molecule has 2 aliphatic rings. The summed E-state index contributed by atoms with van der Waals surface area (Å²) in [5, 5.41) is 5.85. The first-order chi connectivity index (χ1) is 7.18. The van der Waals surface area contributed by atoms with Crippen molar-refractivity contribution in [1.82, 2.24) is 15.5 Å². The Bertz CT molecular complexity index is 274. The lowest BCUT2D eigenvalue weighted by Crippen LogP contribution is -2.58. The van der Waals surface area contributed by atoms with E-state index in [9.17, 15) is 9.59 Å². The van der Waals surface area contributed by atoms with Gasteiger partial charge in [-0.15, -0.1) is 0 Å². The van der Waals surface area contributed by atoms with Gasteiger partial charge in [-0.1, -0.05) is 0 Å². The molecule has 2 atom stereocenters. The first kappa shape index (κ1) is 10.4. The van der Waals surface area contributed by atoms with Gasteiger partial charge < -0.3 is 15.5 Å². The van der Waals surface area contributed by atoms with E-state index in [2.05, 4.69) is 10.6 Å². The molecule has 2 saturated heterocycles. The first-order valence-corrected chi connectivity index (χ1v) is 5.46. The van der Waals surface area contributed by atoms with Gasteiger partial charge in [0, 0.05) is 6.54 Å². The molecule has 0 aromatic heterocycles. The summed E-state index contributed by atoms with van der Waals surface area (Å²) < 4.78 is 0. The molecular formula is C10H17N3O2. The van der Waals surface area contributed by atoms with Gasteiger partial charge >= 0.3 is 0 Å². The molecule has 2 heterocycles. The monoisotopic (exact) mass is 211 g/mol. The van der Waals surface area contributed by atoms with Crippen molar-refractivity contribution in [2.75, 3.05) is 26.2 Å². The minimum atomic E-state index is -0.313. The third-order valence-electron chi connectivity index (χ3n) is 3.20. The quantitative estimate of drug-likeness (QED) is 0.612. The van der Waals surface area contributed by atoms with Crippen LogP contribution in [0.15, 0.2) is 0 Å². The Hall–Kier alpha value is -1.10. The van der Waals surface area contributed by atoms with Gasteiger partial charge in [0.15, 0.2) is 0 Å². The largest absolute Gasteiger partial charge is 0.345 e. The molecule has 0 aromatic rings. The fraction of sp³-hybridized carbons (Fsp3) is 0.800. The van der Waals surface area contributed by atoms with Crippen LogP contribution in [-0.2, 0) is 9.59 Å². The summed E-state index contributed by atoms with van der Waals surface area (Å²) in [5.74, 6) is 0.497. The maximum absolute atomic E-state index is 11.6. The van der Waals surface area contributed by atoms with E-state index in [0.717, 1.165) is 19.5 Å². The second-order valence-corrected chi connectivity index (χ2v) is 4.30. The Morgan fingerprint density at radius 1 is 1.47 bits per heavy atom. The van der Waals surface area contributed by atoms with E-state index >= 15 is 0 Å². The molecule has 0 aromatic carbocycles. The van der Waals surface area contributed by atoms with E-state index in [-0.39, 0.29) is 24.4 Å². The van der Waals surface area contributed by atoms with Crippen molar-refractivity contribution in [2.45, 2.75) is 19.4 Å². The number of piperazine rings is 1. The number of amides is 2. The summed E-state index contributed by atoms with van der Waals surface area (Å²) in [7, 11) is 0. The Morgan fingerprint density at radius 3 is 2.93 bits per heavy atom. The molecule has 84 valence electrons. The first-order valence-electron chi connectivity index (χ1n) is 5.46. The van der Waals surface area contributed by atoms with Crippen molar-refractivity contribution in [1.29, 1.82) is 0 Å². The van der Waals surface area contributed by atoms with Gasteiger partial charge in [-0.25, -0.2) is 0 Å². The number of rotatable bonds is 2. The summed E-state index contributed by atoms with van der Waals surface area (Å²) in [6.07, 6.45) is 1.10. The van der Waals surface area contributed by atoms with Crippen LogP contribution in [0.4, 0.5) is 0 Å². The Kier molecular flexibility index (Phi) is 2.90. The average Bonchev–Trinajstić information content (AvgIpc) is 2.71. The zero-order valence-corrected chi connectivity index (χ0v) is 8.95. The highest BCUT2D eigenvalue weighted by molar-refractivity contribution is 5.94. The lowest BCUT2D eigenvalue weighted by atomic mass is 10.1. The number of hydrogen-bond acceptors (Lipinski definition) is 3. The molecule has 0 bridgehead atoms. The smallest absolute Gasteiger partial charge is 0.242 e. The molecule has 2 amide bonds. The van der Waals surface area contributed by atoms with Crippen LogP contribution in [0.2, 0.25) is 0 Å². The van der Waals surface area contributed by atoms with E-state index in [1.807, 2.05) is 0 Å². The van der Waals surface area contributed by atoms with Crippen LogP contribution in [0.1, 0.15) is 13.3 Å². The van der Waals surface area contributed by atoms with E-state index < -0.39 is 0 Å². The van der Waals surface area contributed by atoms with E-state index in [1.54, 1.807) is 11.8 Å². The Morgan fingerprint density at radius 2 is 2.27 bits per heavy atom. The summed E-state index contributed by atoms with van der Waals surface area (Å²) in [5.41, 5.74) is 0. The van der Waals surface area contributed by atoms with Gasteiger partial charge in [0.25, 0.3) is 0 Å². The number of carbonyl (C=O) groups excluding carboxylic acids is 2. The molecule has 5 nitrogen and oxygen atoms in total. The van der Waals surface area contributed by atoms with Crippen molar-refractivity contribution in [3.8, 4) is 0 Å². The van der Waals surface area contributed by atoms with Gasteiger partial charge in [0.1, 0.15) is 6.04 Å². The van der Waals surface area contributed by atoms with Gasteiger partial charge in [-0.3, -0.25) is 9.59 Å². The van der Waals surface area contributed by atoms with Crippen LogP contribution >= 0.6 is 0 Å². The van der Waals surface area contributed by atoms with Crippen molar-refractivity contribution < 1.29 is 9.59 Å². The molecule has 5 heteroatoms. The third-order valence-corrected chi connectivity index (χ3v) is 3.20. The van der Waals surface area contributed by atoms with E-state index in [4.69, 9.17) is 0 Å². The topological polar surface area (TPSA) is 61.4 Å². The van der Waals surface area contributed by atoms with Gasteiger partial charge in [0.05, 0.1) is 6.54 Å². The molecule has 2 rings (SSSR count). The Balaban J connectivity index is 1.97. The predicted molar refractivity (Wildman–Crippen MR) is 55.2 cm³/mol. The van der Waals surface area contributed by atoms with E-state index in [0.29, 0.717) is 12.5 Å². The third kappa shape index (κ3) is 2.12. The number of carbonyl (C=O) groups is 2. The summed E-state index contributed by atoms with van der Waals surface area (Å²) in [6.45, 7) is 4.63. The van der Waals surface area contributed by atoms with Crippen molar-refractivity contribution in [3.63, 3.8) is 0 Å². The van der Waals surface area contributed by atoms with Crippen molar-refractivity contribution >= 4 is 11.8 Å². The fourth-order valence-electron chi connectivity index (χ4n) is 2.18.